The molecule has 1 aromatic heterocycles. The van der Waals surface area contributed by atoms with Gasteiger partial charge in [-0.05, 0) is 45.7 Å². The number of rotatable bonds is 5. The van der Waals surface area contributed by atoms with Crippen LogP contribution in [0.15, 0.2) is 12.1 Å². The van der Waals surface area contributed by atoms with E-state index in [1.54, 1.807) is 25.2 Å². The highest BCUT2D eigenvalue weighted by molar-refractivity contribution is 7.11. The van der Waals surface area contributed by atoms with Crippen molar-refractivity contribution in [3.63, 3.8) is 0 Å². The molecule has 1 aliphatic heterocycles. The van der Waals surface area contributed by atoms with Crippen LogP contribution in [0.3, 0.4) is 0 Å². The highest BCUT2D eigenvalue weighted by Gasteiger charge is 2.48. The van der Waals surface area contributed by atoms with E-state index in [2.05, 4.69) is 0 Å². The quantitative estimate of drug-likeness (QED) is 0.805. The maximum absolute atomic E-state index is 12.9. The van der Waals surface area contributed by atoms with Gasteiger partial charge in [0.05, 0.1) is 6.54 Å². The van der Waals surface area contributed by atoms with E-state index in [1.165, 1.54) is 4.88 Å². The molecule has 0 bridgehead atoms. The monoisotopic (exact) mass is 364 g/mol. The first-order valence-corrected chi connectivity index (χ1v) is 9.49. The number of hydrogen-bond acceptors (Lipinski definition) is 5. The topological polar surface area (TPSA) is 66.9 Å². The van der Waals surface area contributed by atoms with Crippen LogP contribution in [0, 0.1) is 6.92 Å². The maximum atomic E-state index is 12.9. The molecule has 1 aromatic rings. The van der Waals surface area contributed by atoms with Gasteiger partial charge in [0.25, 0.3) is 5.91 Å². The first-order chi connectivity index (χ1) is 11.8. The predicted molar refractivity (Wildman–Crippen MR) is 94.1 cm³/mol. The Bertz CT molecular complexity index is 691. The lowest BCUT2D eigenvalue weighted by atomic mass is 10.1. The average molecular weight is 364 g/mol. The minimum absolute atomic E-state index is 0.177. The lowest BCUT2D eigenvalue weighted by Crippen LogP contribution is -2.46. The lowest BCUT2D eigenvalue weighted by Gasteiger charge is -2.29. The van der Waals surface area contributed by atoms with Crippen molar-refractivity contribution < 1.29 is 19.1 Å². The van der Waals surface area contributed by atoms with Crippen molar-refractivity contribution in [3.8, 4) is 0 Å². The summed E-state index contributed by atoms with van der Waals surface area (Å²) in [5, 5.41) is 0. The number of cyclic esters (lactones) is 1. The Kier molecular flexibility index (Phi) is 4.86. The first-order valence-electron chi connectivity index (χ1n) is 8.67. The number of carbonyl (C=O) groups is 3. The molecule has 3 rings (SSSR count). The lowest BCUT2D eigenvalue weighted by molar-refractivity contribution is -0.141. The van der Waals surface area contributed by atoms with E-state index in [-0.39, 0.29) is 18.5 Å². The van der Waals surface area contributed by atoms with Crippen molar-refractivity contribution in [1.29, 1.82) is 0 Å². The second-order valence-electron chi connectivity index (χ2n) is 7.24. The van der Waals surface area contributed by atoms with Gasteiger partial charge in [0.2, 0.25) is 5.91 Å². The molecule has 0 radical (unpaired) electrons. The third-order valence-electron chi connectivity index (χ3n) is 4.82. The molecule has 136 valence electrons. The van der Waals surface area contributed by atoms with Gasteiger partial charge in [-0.25, -0.2) is 9.69 Å². The summed E-state index contributed by atoms with van der Waals surface area (Å²) in [6.45, 7) is 5.41. The van der Waals surface area contributed by atoms with Crippen molar-refractivity contribution in [2.24, 2.45) is 0 Å². The second-order valence-corrected chi connectivity index (χ2v) is 8.61. The molecule has 1 saturated carbocycles. The molecule has 0 spiro atoms. The van der Waals surface area contributed by atoms with Crippen LogP contribution in [0.4, 0.5) is 4.79 Å². The van der Waals surface area contributed by atoms with Gasteiger partial charge in [0.15, 0.2) is 5.60 Å². The molecular formula is C18H24N2O4S. The zero-order valence-corrected chi connectivity index (χ0v) is 15.7. The molecule has 7 heteroatoms. The number of imide groups is 1. The van der Waals surface area contributed by atoms with Crippen molar-refractivity contribution in [2.75, 3.05) is 6.54 Å². The smallest absolute Gasteiger partial charge is 0.418 e. The Balaban J connectivity index is 1.75. The van der Waals surface area contributed by atoms with Gasteiger partial charge < -0.3 is 9.64 Å². The summed E-state index contributed by atoms with van der Waals surface area (Å²) in [5.74, 6) is -0.648. The fourth-order valence-electron chi connectivity index (χ4n) is 3.46. The highest BCUT2D eigenvalue weighted by atomic mass is 32.1. The summed E-state index contributed by atoms with van der Waals surface area (Å²) in [6.07, 6.45) is 3.42. The minimum Gasteiger partial charge on any atom is -0.433 e. The molecule has 2 heterocycles. The molecule has 0 atom stereocenters. The highest BCUT2D eigenvalue weighted by Crippen LogP contribution is 2.28. The largest absolute Gasteiger partial charge is 0.433 e. The zero-order valence-electron chi connectivity index (χ0n) is 14.9. The Morgan fingerprint density at radius 3 is 2.52 bits per heavy atom. The van der Waals surface area contributed by atoms with Crippen LogP contribution < -0.4 is 0 Å². The molecule has 0 aromatic carbocycles. The van der Waals surface area contributed by atoms with Crippen molar-refractivity contribution in [3.05, 3.63) is 21.9 Å². The molecule has 25 heavy (non-hydrogen) atoms. The molecule has 1 saturated heterocycles. The number of aryl methyl sites for hydroxylation is 1. The van der Waals surface area contributed by atoms with Gasteiger partial charge in [0.1, 0.15) is 6.54 Å². The van der Waals surface area contributed by atoms with Gasteiger partial charge in [-0.1, -0.05) is 12.8 Å². The molecular weight excluding hydrogens is 340 g/mol. The van der Waals surface area contributed by atoms with Crippen LogP contribution in [0.5, 0.6) is 0 Å². The van der Waals surface area contributed by atoms with Crippen LogP contribution in [0.1, 0.15) is 49.3 Å². The summed E-state index contributed by atoms with van der Waals surface area (Å²) in [4.78, 5) is 42.3. The third-order valence-corrected chi connectivity index (χ3v) is 5.81. The number of amides is 3. The van der Waals surface area contributed by atoms with Gasteiger partial charge in [0, 0.05) is 15.8 Å². The van der Waals surface area contributed by atoms with Crippen LogP contribution in [-0.4, -0.2) is 45.9 Å². The van der Waals surface area contributed by atoms with Gasteiger partial charge >= 0.3 is 6.09 Å². The van der Waals surface area contributed by atoms with Crippen LogP contribution in [-0.2, 0) is 20.9 Å². The maximum Gasteiger partial charge on any atom is 0.418 e. The van der Waals surface area contributed by atoms with Gasteiger partial charge in [-0.2, -0.15) is 0 Å². The molecule has 1 aliphatic carbocycles. The molecule has 2 fully saturated rings. The average Bonchev–Trinajstić information content (AvgIpc) is 3.23. The van der Waals surface area contributed by atoms with Gasteiger partial charge in [-0.15, -0.1) is 11.3 Å². The number of thiophene rings is 1. The number of hydrogen-bond donors (Lipinski definition) is 0. The minimum atomic E-state index is -1.19. The van der Waals surface area contributed by atoms with Crippen LogP contribution >= 0.6 is 11.3 Å². The first kappa shape index (κ1) is 17.9. The van der Waals surface area contributed by atoms with Gasteiger partial charge in [-0.3, -0.25) is 9.59 Å². The van der Waals surface area contributed by atoms with E-state index in [0.717, 1.165) is 35.5 Å². The third kappa shape index (κ3) is 3.71. The Labute approximate surface area is 151 Å². The molecule has 2 aliphatic rings. The normalized spacial score (nSPS) is 20.2. The summed E-state index contributed by atoms with van der Waals surface area (Å²) in [7, 11) is 0. The standard InChI is InChI=1S/C18H24N2O4S/c1-12-8-9-14(25-12)10-19(13-6-4-5-7-13)15(21)11-20-16(22)18(2,3)24-17(20)23/h8-9,13H,4-7,10-11H2,1-3H3. The zero-order chi connectivity index (χ0) is 18.2. The van der Waals surface area contributed by atoms with E-state index in [1.807, 2.05) is 24.0 Å². The number of carbonyl (C=O) groups excluding carboxylic acids is 3. The Hall–Kier alpha value is -1.89. The van der Waals surface area contributed by atoms with E-state index in [9.17, 15) is 14.4 Å². The van der Waals surface area contributed by atoms with Crippen LogP contribution in [0.25, 0.3) is 0 Å². The number of ether oxygens (including phenoxy) is 1. The summed E-state index contributed by atoms with van der Waals surface area (Å²) < 4.78 is 5.07. The summed E-state index contributed by atoms with van der Waals surface area (Å²) >= 11 is 1.67. The van der Waals surface area contributed by atoms with Crippen molar-refractivity contribution in [2.45, 2.75) is 64.6 Å². The predicted octanol–water partition coefficient (Wildman–Crippen LogP) is 3.09. The summed E-state index contributed by atoms with van der Waals surface area (Å²) in [5.41, 5.74) is -1.19. The van der Waals surface area contributed by atoms with Crippen molar-refractivity contribution in [1.82, 2.24) is 9.80 Å². The van der Waals surface area contributed by atoms with Crippen molar-refractivity contribution >= 4 is 29.2 Å². The molecule has 3 amide bonds. The molecule has 6 nitrogen and oxygen atoms in total. The Morgan fingerprint density at radius 2 is 2.00 bits per heavy atom. The summed E-state index contributed by atoms with van der Waals surface area (Å²) in [6, 6.07) is 4.26. The van der Waals surface area contributed by atoms with E-state index in [4.69, 9.17) is 4.74 Å². The SMILES string of the molecule is Cc1ccc(CN(C(=O)CN2C(=O)OC(C)(C)C2=O)C2CCCC2)s1. The Morgan fingerprint density at radius 1 is 1.32 bits per heavy atom. The number of nitrogens with zero attached hydrogens (tertiary/aromatic N) is 2. The van der Waals surface area contributed by atoms with E-state index in [0.29, 0.717) is 6.54 Å². The fourth-order valence-corrected chi connectivity index (χ4v) is 4.35. The second kappa shape index (κ2) is 6.78. The molecule has 0 N–H and O–H groups in total. The fraction of sp³-hybridized carbons (Fsp3) is 0.611. The van der Waals surface area contributed by atoms with E-state index >= 15 is 0 Å². The van der Waals surface area contributed by atoms with Crippen LogP contribution in [0.2, 0.25) is 0 Å². The van der Waals surface area contributed by atoms with E-state index < -0.39 is 17.6 Å². The molecule has 0 unspecified atom stereocenters.